The van der Waals surface area contributed by atoms with Gasteiger partial charge in [0.05, 0.1) is 16.7 Å². The molecule has 0 aromatic heterocycles. The highest BCUT2D eigenvalue weighted by atomic mass is 32.2. The number of amides is 2. The monoisotopic (exact) mass is 342 g/mol. The van der Waals surface area contributed by atoms with Crippen molar-refractivity contribution in [3.63, 3.8) is 0 Å². The van der Waals surface area contributed by atoms with Gasteiger partial charge in [0.2, 0.25) is 0 Å². The molecule has 0 bridgehead atoms. The van der Waals surface area contributed by atoms with E-state index in [-0.39, 0.29) is 17.8 Å². The topological polar surface area (TPSA) is 75.3 Å². The molecule has 0 saturated heterocycles. The van der Waals surface area contributed by atoms with E-state index in [4.69, 9.17) is 0 Å². The van der Waals surface area contributed by atoms with Crippen molar-refractivity contribution in [2.75, 3.05) is 5.75 Å². The van der Waals surface area contributed by atoms with Crippen LogP contribution in [0.4, 0.5) is 4.79 Å². The van der Waals surface area contributed by atoms with E-state index in [1.807, 2.05) is 18.2 Å². The Morgan fingerprint density at radius 2 is 1.67 bits per heavy atom. The van der Waals surface area contributed by atoms with E-state index in [1.165, 1.54) is 5.56 Å². The van der Waals surface area contributed by atoms with E-state index >= 15 is 0 Å². The fraction of sp³-hybridized carbons (Fsp3) is 0.278. The van der Waals surface area contributed by atoms with Crippen molar-refractivity contribution in [3.8, 4) is 0 Å². The fourth-order valence-corrected chi connectivity index (χ4v) is 5.10. The smallest absolute Gasteiger partial charge is 0.315 e. The maximum absolute atomic E-state index is 12.2. The highest BCUT2D eigenvalue weighted by Gasteiger charge is 2.40. The molecular weight excluding hydrogens is 324 g/mol. The maximum Gasteiger partial charge on any atom is 0.315 e. The average Bonchev–Trinajstić information content (AvgIpc) is 3.28. The first kappa shape index (κ1) is 15.2. The van der Waals surface area contributed by atoms with Crippen molar-refractivity contribution in [1.82, 2.24) is 10.6 Å². The summed E-state index contributed by atoms with van der Waals surface area (Å²) in [5, 5.41) is 5.75. The van der Waals surface area contributed by atoms with E-state index in [9.17, 15) is 13.2 Å². The second kappa shape index (κ2) is 5.63. The van der Waals surface area contributed by atoms with Gasteiger partial charge < -0.3 is 10.6 Å². The minimum atomic E-state index is -3.31. The van der Waals surface area contributed by atoms with Gasteiger partial charge in [0, 0.05) is 12.0 Å². The van der Waals surface area contributed by atoms with Crippen LogP contribution in [0.2, 0.25) is 0 Å². The molecule has 2 aromatic carbocycles. The van der Waals surface area contributed by atoms with Gasteiger partial charge in [0.15, 0.2) is 9.84 Å². The molecule has 1 aliphatic heterocycles. The normalized spacial score (nSPS) is 26.4. The van der Waals surface area contributed by atoms with Gasteiger partial charge in [-0.3, -0.25) is 0 Å². The molecule has 3 atom stereocenters. The standard InChI is InChI=1S/C18H18N2O3S/c21-18(19-15-10-14(15)12-6-2-1-3-7-12)20-16-11-24(22,23)17-9-5-4-8-13(16)17/h1-9,14-16H,10-11H2,(H2,19,20,21)/t14-,15+,16+/m0/s1. The van der Waals surface area contributed by atoms with Gasteiger partial charge in [0.25, 0.3) is 0 Å². The first-order valence-electron chi connectivity index (χ1n) is 7.98. The Bertz CT molecular complexity index is 880. The number of rotatable bonds is 3. The van der Waals surface area contributed by atoms with Crippen molar-refractivity contribution >= 4 is 15.9 Å². The molecule has 1 saturated carbocycles. The highest BCUT2D eigenvalue weighted by Crippen LogP contribution is 2.40. The van der Waals surface area contributed by atoms with E-state index in [1.54, 1.807) is 24.3 Å². The van der Waals surface area contributed by atoms with Crippen LogP contribution in [0.25, 0.3) is 0 Å². The summed E-state index contributed by atoms with van der Waals surface area (Å²) in [5.74, 6) is 0.267. The van der Waals surface area contributed by atoms with Gasteiger partial charge >= 0.3 is 6.03 Å². The van der Waals surface area contributed by atoms with Crippen LogP contribution in [0.15, 0.2) is 59.5 Å². The number of urea groups is 1. The number of nitrogens with one attached hydrogen (secondary N) is 2. The summed E-state index contributed by atoms with van der Waals surface area (Å²) in [6, 6.07) is 16.2. The van der Waals surface area contributed by atoms with Crippen LogP contribution in [0.3, 0.4) is 0 Å². The molecule has 1 fully saturated rings. The molecular formula is C18H18N2O3S. The minimum Gasteiger partial charge on any atom is -0.335 e. The van der Waals surface area contributed by atoms with E-state index in [0.717, 1.165) is 6.42 Å². The third-order valence-corrected chi connectivity index (χ3v) is 6.47. The Balaban J connectivity index is 1.40. The zero-order valence-electron chi connectivity index (χ0n) is 13.0. The molecule has 0 radical (unpaired) electrons. The van der Waals surface area contributed by atoms with Gasteiger partial charge in [-0.1, -0.05) is 48.5 Å². The maximum atomic E-state index is 12.2. The molecule has 2 amide bonds. The Labute approximate surface area is 141 Å². The lowest BCUT2D eigenvalue weighted by atomic mass is 10.1. The Morgan fingerprint density at radius 1 is 0.958 bits per heavy atom. The average molecular weight is 342 g/mol. The van der Waals surface area contributed by atoms with Gasteiger partial charge in [0.1, 0.15) is 0 Å². The van der Waals surface area contributed by atoms with Crippen molar-refractivity contribution in [3.05, 3.63) is 65.7 Å². The zero-order chi connectivity index (χ0) is 16.7. The largest absolute Gasteiger partial charge is 0.335 e. The van der Waals surface area contributed by atoms with Crippen LogP contribution in [0.5, 0.6) is 0 Å². The molecule has 4 rings (SSSR count). The Morgan fingerprint density at radius 3 is 2.46 bits per heavy atom. The number of benzene rings is 2. The van der Waals surface area contributed by atoms with Crippen LogP contribution < -0.4 is 10.6 Å². The Hall–Kier alpha value is -2.34. The summed E-state index contributed by atoms with van der Waals surface area (Å²) in [6.45, 7) is 0. The van der Waals surface area contributed by atoms with Gasteiger partial charge in [-0.2, -0.15) is 0 Å². The summed E-state index contributed by atoms with van der Waals surface area (Å²) in [7, 11) is -3.31. The molecule has 2 aliphatic rings. The molecule has 6 heteroatoms. The van der Waals surface area contributed by atoms with Crippen LogP contribution in [-0.2, 0) is 9.84 Å². The van der Waals surface area contributed by atoms with Crippen LogP contribution in [-0.4, -0.2) is 26.2 Å². The molecule has 2 N–H and O–H groups in total. The van der Waals surface area contributed by atoms with Crippen LogP contribution in [0, 0.1) is 0 Å². The lowest BCUT2D eigenvalue weighted by Crippen LogP contribution is -2.40. The number of sulfone groups is 1. The lowest BCUT2D eigenvalue weighted by molar-refractivity contribution is 0.237. The lowest BCUT2D eigenvalue weighted by Gasteiger charge is -2.13. The summed E-state index contributed by atoms with van der Waals surface area (Å²) >= 11 is 0. The molecule has 5 nitrogen and oxygen atoms in total. The number of hydrogen-bond donors (Lipinski definition) is 2. The highest BCUT2D eigenvalue weighted by molar-refractivity contribution is 7.91. The molecule has 2 aromatic rings. The summed E-state index contributed by atoms with van der Waals surface area (Å²) in [6.07, 6.45) is 0.914. The van der Waals surface area contributed by atoms with Gasteiger partial charge in [-0.25, -0.2) is 13.2 Å². The second-order valence-electron chi connectivity index (χ2n) is 6.35. The van der Waals surface area contributed by atoms with Gasteiger partial charge in [-0.05, 0) is 23.6 Å². The Kier molecular flexibility index (Phi) is 3.57. The third kappa shape index (κ3) is 2.78. The molecule has 0 unspecified atom stereocenters. The van der Waals surface area contributed by atoms with E-state index in [2.05, 4.69) is 22.8 Å². The number of carbonyl (C=O) groups is 1. The summed E-state index contributed by atoms with van der Waals surface area (Å²) < 4.78 is 24.3. The minimum absolute atomic E-state index is 0.0768. The fourth-order valence-electron chi connectivity index (χ4n) is 3.36. The number of fused-ring (bicyclic) bond motifs is 1. The molecule has 1 aliphatic carbocycles. The number of hydrogen-bond acceptors (Lipinski definition) is 3. The van der Waals surface area contributed by atoms with E-state index < -0.39 is 15.9 Å². The number of carbonyl (C=O) groups excluding carboxylic acids is 1. The van der Waals surface area contributed by atoms with E-state index in [0.29, 0.717) is 16.4 Å². The molecule has 1 heterocycles. The van der Waals surface area contributed by atoms with Gasteiger partial charge in [-0.15, -0.1) is 0 Å². The first-order chi connectivity index (χ1) is 11.5. The molecule has 0 spiro atoms. The summed E-state index contributed by atoms with van der Waals surface area (Å²) in [4.78, 5) is 12.6. The van der Waals surface area contributed by atoms with Crippen molar-refractivity contribution in [2.45, 2.75) is 29.3 Å². The molecule has 24 heavy (non-hydrogen) atoms. The van der Waals surface area contributed by atoms with Crippen molar-refractivity contribution in [2.24, 2.45) is 0 Å². The quantitative estimate of drug-likeness (QED) is 0.899. The second-order valence-corrected chi connectivity index (χ2v) is 8.35. The van der Waals surface area contributed by atoms with Crippen LogP contribution >= 0.6 is 0 Å². The summed E-state index contributed by atoms with van der Waals surface area (Å²) in [5.41, 5.74) is 1.89. The zero-order valence-corrected chi connectivity index (χ0v) is 13.8. The van der Waals surface area contributed by atoms with Crippen molar-refractivity contribution < 1.29 is 13.2 Å². The van der Waals surface area contributed by atoms with Crippen LogP contribution in [0.1, 0.15) is 29.5 Å². The SMILES string of the molecule is O=C(N[C@@H]1CS(=O)(=O)c2ccccc21)N[C@@H]1C[C@H]1c1ccccc1. The third-order valence-electron chi connectivity index (χ3n) is 4.66. The predicted molar refractivity (Wildman–Crippen MR) is 90.5 cm³/mol. The predicted octanol–water partition coefficient (Wildman–Crippen LogP) is 2.37. The van der Waals surface area contributed by atoms with Crippen molar-refractivity contribution in [1.29, 1.82) is 0 Å². The first-order valence-corrected chi connectivity index (χ1v) is 9.63. The molecule has 124 valence electrons.